The molecule has 0 radical (unpaired) electrons. The summed E-state index contributed by atoms with van der Waals surface area (Å²) in [6, 6.07) is 2.99. The van der Waals surface area contributed by atoms with Crippen LogP contribution in [0.15, 0.2) is 18.3 Å². The van der Waals surface area contributed by atoms with E-state index in [-0.39, 0.29) is 6.04 Å². The van der Waals surface area contributed by atoms with Crippen LogP contribution in [0.5, 0.6) is 0 Å². The summed E-state index contributed by atoms with van der Waals surface area (Å²) in [6.07, 6.45) is 1.69. The zero-order chi connectivity index (χ0) is 12.6. The fourth-order valence-corrected chi connectivity index (χ4v) is 2.34. The Bertz CT molecular complexity index is 527. The van der Waals surface area contributed by atoms with Crippen molar-refractivity contribution in [3.63, 3.8) is 0 Å². The van der Waals surface area contributed by atoms with Crippen LogP contribution in [-0.4, -0.2) is 15.0 Å². The molecule has 1 atom stereocenters. The van der Waals surface area contributed by atoms with Gasteiger partial charge in [0.15, 0.2) is 0 Å². The summed E-state index contributed by atoms with van der Waals surface area (Å²) < 4.78 is 1.49. The van der Waals surface area contributed by atoms with Gasteiger partial charge in [-0.1, -0.05) is 40.0 Å². The number of benzene rings is 1. The number of rotatable bonds is 2. The minimum Gasteiger partial charge on any atom is -0.323 e. The first-order valence-electron chi connectivity index (χ1n) is 4.82. The lowest BCUT2D eigenvalue weighted by atomic mass is 10.3. The third kappa shape index (κ3) is 2.55. The molecule has 4 nitrogen and oxygen atoms in total. The van der Waals surface area contributed by atoms with Gasteiger partial charge in [-0.2, -0.15) is 0 Å². The molecule has 2 N–H and O–H groups in total. The second-order valence-corrected chi connectivity index (χ2v) is 4.85. The smallest absolute Gasteiger partial charge is 0.104 e. The van der Waals surface area contributed by atoms with E-state index in [0.29, 0.717) is 26.4 Å². The lowest BCUT2D eigenvalue weighted by Crippen LogP contribution is -2.05. The van der Waals surface area contributed by atoms with Crippen molar-refractivity contribution in [2.24, 2.45) is 5.73 Å². The Hall–Kier alpha value is -0.810. The van der Waals surface area contributed by atoms with Crippen molar-refractivity contribution in [1.82, 2.24) is 15.0 Å². The van der Waals surface area contributed by atoms with Crippen LogP contribution in [0.3, 0.4) is 0 Å². The molecule has 0 bridgehead atoms. The molecule has 2 aromatic rings. The molecule has 0 saturated heterocycles. The van der Waals surface area contributed by atoms with Crippen molar-refractivity contribution in [2.45, 2.75) is 13.0 Å². The second-order valence-electron chi connectivity index (χ2n) is 3.59. The van der Waals surface area contributed by atoms with Gasteiger partial charge in [-0.05, 0) is 19.1 Å². The molecule has 0 aliphatic carbocycles. The summed E-state index contributed by atoms with van der Waals surface area (Å²) in [4.78, 5) is 0. The zero-order valence-electron chi connectivity index (χ0n) is 8.86. The standard InChI is InChI=1S/C10H9Cl3N4/c1-5(14)9-4-17(16-15-9)10-7(12)2-6(11)3-8(10)13/h2-5H,14H2,1H3. The highest BCUT2D eigenvalue weighted by molar-refractivity contribution is 6.40. The maximum atomic E-state index is 6.07. The van der Waals surface area contributed by atoms with E-state index in [1.807, 2.05) is 6.92 Å². The highest BCUT2D eigenvalue weighted by atomic mass is 35.5. The Morgan fingerprint density at radius 3 is 2.29 bits per heavy atom. The van der Waals surface area contributed by atoms with Crippen molar-refractivity contribution >= 4 is 34.8 Å². The minimum absolute atomic E-state index is 0.200. The Morgan fingerprint density at radius 2 is 1.82 bits per heavy atom. The molecule has 0 amide bonds. The van der Waals surface area contributed by atoms with E-state index in [4.69, 9.17) is 40.5 Å². The summed E-state index contributed by atoms with van der Waals surface area (Å²) in [5.74, 6) is 0. The number of aromatic nitrogens is 3. The molecule has 7 heteroatoms. The monoisotopic (exact) mass is 290 g/mol. The van der Waals surface area contributed by atoms with Crippen LogP contribution in [0.2, 0.25) is 15.1 Å². The molecule has 17 heavy (non-hydrogen) atoms. The average Bonchev–Trinajstić information content (AvgIpc) is 2.65. The lowest BCUT2D eigenvalue weighted by molar-refractivity contribution is 0.756. The van der Waals surface area contributed by atoms with Gasteiger partial charge in [-0.25, -0.2) is 4.68 Å². The van der Waals surface area contributed by atoms with Crippen LogP contribution in [0, 0.1) is 0 Å². The van der Waals surface area contributed by atoms with E-state index >= 15 is 0 Å². The van der Waals surface area contributed by atoms with Gasteiger partial charge in [0.25, 0.3) is 0 Å². The predicted molar refractivity (Wildman–Crippen MR) is 69.0 cm³/mol. The molecular formula is C10H9Cl3N4. The van der Waals surface area contributed by atoms with Gasteiger partial charge < -0.3 is 5.73 Å². The Morgan fingerprint density at radius 1 is 1.24 bits per heavy atom. The lowest BCUT2D eigenvalue weighted by Gasteiger charge is -2.06. The van der Waals surface area contributed by atoms with Crippen molar-refractivity contribution < 1.29 is 0 Å². The number of nitrogens with zero attached hydrogens (tertiary/aromatic N) is 3. The molecule has 1 unspecified atom stereocenters. The molecule has 0 aliphatic rings. The van der Waals surface area contributed by atoms with Crippen LogP contribution < -0.4 is 5.73 Å². The highest BCUT2D eigenvalue weighted by Gasteiger charge is 2.13. The summed E-state index contributed by atoms with van der Waals surface area (Å²) in [5, 5.41) is 9.15. The van der Waals surface area contributed by atoms with Crippen molar-refractivity contribution in [1.29, 1.82) is 0 Å². The van der Waals surface area contributed by atoms with Crippen LogP contribution in [0.4, 0.5) is 0 Å². The van der Waals surface area contributed by atoms with Gasteiger partial charge in [0.2, 0.25) is 0 Å². The molecule has 2 rings (SSSR count). The van der Waals surface area contributed by atoms with Gasteiger partial charge in [0.1, 0.15) is 5.69 Å². The molecule has 0 saturated carbocycles. The summed E-state index contributed by atoms with van der Waals surface area (Å²) >= 11 is 18.0. The van der Waals surface area contributed by atoms with Crippen LogP contribution in [0.1, 0.15) is 18.7 Å². The summed E-state index contributed by atoms with van der Waals surface area (Å²) in [5.41, 5.74) is 6.90. The van der Waals surface area contributed by atoms with Crippen molar-refractivity contribution in [3.05, 3.63) is 39.1 Å². The SMILES string of the molecule is CC(N)c1cn(-c2c(Cl)cc(Cl)cc2Cl)nn1. The molecule has 1 aromatic heterocycles. The van der Waals surface area contributed by atoms with Gasteiger partial charge in [-0.15, -0.1) is 5.10 Å². The first-order valence-corrected chi connectivity index (χ1v) is 5.95. The first kappa shape index (κ1) is 12.6. The molecule has 1 heterocycles. The van der Waals surface area contributed by atoms with Crippen LogP contribution in [-0.2, 0) is 0 Å². The summed E-state index contributed by atoms with van der Waals surface area (Å²) in [6.45, 7) is 1.82. The molecule has 0 aliphatic heterocycles. The fraction of sp³-hybridized carbons (Fsp3) is 0.200. The number of hydrogen-bond acceptors (Lipinski definition) is 3. The molecule has 90 valence electrons. The maximum absolute atomic E-state index is 6.07. The minimum atomic E-state index is -0.200. The van der Waals surface area contributed by atoms with Crippen LogP contribution in [0.25, 0.3) is 5.69 Å². The first-order chi connectivity index (χ1) is 7.99. The second kappa shape index (κ2) is 4.82. The van der Waals surface area contributed by atoms with Gasteiger partial charge >= 0.3 is 0 Å². The predicted octanol–water partition coefficient (Wildman–Crippen LogP) is 3.25. The Labute approximate surface area is 113 Å². The number of nitrogens with two attached hydrogens (primary N) is 1. The summed E-state index contributed by atoms with van der Waals surface area (Å²) in [7, 11) is 0. The topological polar surface area (TPSA) is 56.7 Å². The molecule has 0 spiro atoms. The highest BCUT2D eigenvalue weighted by Crippen LogP contribution is 2.31. The number of halogens is 3. The maximum Gasteiger partial charge on any atom is 0.104 e. The van der Waals surface area contributed by atoms with E-state index in [2.05, 4.69) is 10.3 Å². The van der Waals surface area contributed by atoms with E-state index in [0.717, 1.165) is 0 Å². The molecule has 0 fully saturated rings. The largest absolute Gasteiger partial charge is 0.323 e. The van der Waals surface area contributed by atoms with E-state index in [1.54, 1.807) is 18.3 Å². The fourth-order valence-electron chi connectivity index (χ4n) is 1.35. The van der Waals surface area contributed by atoms with Crippen LogP contribution >= 0.6 is 34.8 Å². The number of hydrogen-bond donors (Lipinski definition) is 1. The zero-order valence-corrected chi connectivity index (χ0v) is 11.1. The Kier molecular flexibility index (Phi) is 3.58. The van der Waals surface area contributed by atoms with Gasteiger partial charge in [0, 0.05) is 11.1 Å². The Balaban J connectivity index is 2.52. The molecular weight excluding hydrogens is 282 g/mol. The third-order valence-corrected chi connectivity index (χ3v) is 2.98. The third-order valence-electron chi connectivity index (χ3n) is 2.19. The van der Waals surface area contributed by atoms with Gasteiger partial charge in [0.05, 0.1) is 21.9 Å². The van der Waals surface area contributed by atoms with E-state index in [1.165, 1.54) is 4.68 Å². The normalized spacial score (nSPS) is 12.8. The van der Waals surface area contributed by atoms with E-state index in [9.17, 15) is 0 Å². The van der Waals surface area contributed by atoms with Crippen molar-refractivity contribution in [2.75, 3.05) is 0 Å². The average molecular weight is 292 g/mol. The molecule has 1 aromatic carbocycles. The van der Waals surface area contributed by atoms with Gasteiger partial charge in [-0.3, -0.25) is 0 Å². The van der Waals surface area contributed by atoms with E-state index < -0.39 is 0 Å². The quantitative estimate of drug-likeness (QED) is 0.924. The van der Waals surface area contributed by atoms with Crippen molar-refractivity contribution in [3.8, 4) is 5.69 Å².